The lowest BCUT2D eigenvalue weighted by Gasteiger charge is -2.11. The van der Waals surface area contributed by atoms with Crippen LogP contribution in [0.25, 0.3) is 0 Å². The summed E-state index contributed by atoms with van der Waals surface area (Å²) in [5.74, 6) is 0. The van der Waals surface area contributed by atoms with E-state index in [0.717, 1.165) is 5.54 Å². The van der Waals surface area contributed by atoms with Gasteiger partial charge in [0.2, 0.25) is 0 Å². The van der Waals surface area contributed by atoms with Crippen molar-refractivity contribution in [1.82, 2.24) is 0 Å². The molecule has 0 bridgehead atoms. The maximum Gasteiger partial charge on any atom is 0.147 e. The second-order valence-electron chi connectivity index (χ2n) is 3.06. The van der Waals surface area contributed by atoms with E-state index in [1.54, 1.807) is 0 Å². The quantitative estimate of drug-likeness (QED) is 0.539. The standard InChI is InChI=1S/C9H13BrSi/c1-8(2)11(10)9-6-4-3-5-7-9/h3-8,11H,1-2H3. The van der Waals surface area contributed by atoms with Gasteiger partial charge in [-0.25, -0.2) is 0 Å². The summed E-state index contributed by atoms with van der Waals surface area (Å²) in [5, 5.41) is 1.50. The smallest absolute Gasteiger partial charge is 0.124 e. The monoisotopic (exact) mass is 228 g/mol. The lowest BCUT2D eigenvalue weighted by molar-refractivity contribution is 1.06. The van der Waals surface area contributed by atoms with Gasteiger partial charge in [-0.3, -0.25) is 0 Å². The van der Waals surface area contributed by atoms with E-state index in [2.05, 4.69) is 59.5 Å². The molecule has 0 nitrogen and oxygen atoms in total. The fourth-order valence-corrected chi connectivity index (χ4v) is 3.30. The predicted octanol–water partition coefficient (Wildman–Crippen LogP) is 2.42. The van der Waals surface area contributed by atoms with Crippen molar-refractivity contribution in [2.75, 3.05) is 0 Å². The largest absolute Gasteiger partial charge is 0.147 e. The first-order valence-electron chi connectivity index (χ1n) is 3.91. The zero-order valence-corrected chi connectivity index (χ0v) is 9.66. The highest BCUT2D eigenvalue weighted by Crippen LogP contribution is 2.12. The van der Waals surface area contributed by atoms with Crippen LogP contribution < -0.4 is 5.19 Å². The van der Waals surface area contributed by atoms with Gasteiger partial charge in [0.1, 0.15) is 7.42 Å². The normalized spacial score (nSPS) is 13.5. The van der Waals surface area contributed by atoms with E-state index in [1.807, 2.05) is 0 Å². The van der Waals surface area contributed by atoms with Crippen molar-refractivity contribution in [3.05, 3.63) is 30.3 Å². The first-order chi connectivity index (χ1) is 5.22. The molecule has 0 aliphatic rings. The molecule has 0 saturated heterocycles. The molecule has 1 rings (SSSR count). The molecule has 0 fully saturated rings. The topological polar surface area (TPSA) is 0 Å². The Labute approximate surface area is 77.8 Å². The Bertz CT molecular complexity index is 208. The third kappa shape index (κ3) is 2.45. The number of hydrogen-bond donors (Lipinski definition) is 0. The third-order valence-corrected chi connectivity index (χ3v) is 8.65. The zero-order valence-electron chi connectivity index (χ0n) is 6.92. The van der Waals surface area contributed by atoms with Crippen molar-refractivity contribution in [3.8, 4) is 0 Å². The Hall–Kier alpha value is -0.0831. The van der Waals surface area contributed by atoms with Gasteiger partial charge in [-0.1, -0.05) is 49.4 Å². The Balaban J connectivity index is 2.77. The molecule has 1 aromatic rings. The lowest BCUT2D eigenvalue weighted by Crippen LogP contribution is -2.25. The van der Waals surface area contributed by atoms with Crippen LogP contribution in [0.4, 0.5) is 0 Å². The van der Waals surface area contributed by atoms with E-state index < -0.39 is 7.42 Å². The van der Waals surface area contributed by atoms with Crippen LogP contribution in [0.3, 0.4) is 0 Å². The van der Waals surface area contributed by atoms with E-state index in [1.165, 1.54) is 5.19 Å². The van der Waals surface area contributed by atoms with E-state index in [-0.39, 0.29) is 0 Å². The van der Waals surface area contributed by atoms with Crippen LogP contribution in [-0.4, -0.2) is 7.42 Å². The second kappa shape index (κ2) is 4.07. The molecule has 0 radical (unpaired) electrons. The molecule has 0 amide bonds. The van der Waals surface area contributed by atoms with Crippen molar-refractivity contribution < 1.29 is 0 Å². The van der Waals surface area contributed by atoms with E-state index in [9.17, 15) is 0 Å². The van der Waals surface area contributed by atoms with Gasteiger partial charge in [-0.2, -0.15) is 0 Å². The first kappa shape index (κ1) is 9.01. The molecule has 1 aromatic carbocycles. The number of benzene rings is 1. The highest BCUT2D eigenvalue weighted by Gasteiger charge is 2.12. The maximum absolute atomic E-state index is 3.79. The summed E-state index contributed by atoms with van der Waals surface area (Å²) in [6, 6.07) is 10.7. The molecule has 0 heterocycles. The third-order valence-electron chi connectivity index (χ3n) is 1.70. The summed E-state index contributed by atoms with van der Waals surface area (Å²) in [7, 11) is -0.821. The van der Waals surface area contributed by atoms with Gasteiger partial charge in [-0.05, 0) is 5.54 Å². The number of halogens is 1. The van der Waals surface area contributed by atoms with Gasteiger partial charge in [-0.15, -0.1) is 15.3 Å². The average Bonchev–Trinajstić information content (AvgIpc) is 2.05. The molecule has 11 heavy (non-hydrogen) atoms. The SMILES string of the molecule is CC(C)[SiH](Br)c1ccccc1. The van der Waals surface area contributed by atoms with Crippen LogP contribution in [0.15, 0.2) is 30.3 Å². The molecule has 0 N–H and O–H groups in total. The van der Waals surface area contributed by atoms with Crippen LogP contribution in [0.2, 0.25) is 5.54 Å². The number of hydrogen-bond acceptors (Lipinski definition) is 0. The molecule has 0 aromatic heterocycles. The van der Waals surface area contributed by atoms with Crippen LogP contribution >= 0.6 is 15.3 Å². The van der Waals surface area contributed by atoms with Crippen molar-refractivity contribution >= 4 is 27.9 Å². The number of rotatable bonds is 2. The van der Waals surface area contributed by atoms with Crippen molar-refractivity contribution in [3.63, 3.8) is 0 Å². The molecule has 60 valence electrons. The molecule has 1 atom stereocenters. The van der Waals surface area contributed by atoms with Crippen molar-refractivity contribution in [2.24, 2.45) is 0 Å². The Kier molecular flexibility index (Phi) is 3.33. The van der Waals surface area contributed by atoms with Gasteiger partial charge >= 0.3 is 0 Å². The van der Waals surface area contributed by atoms with Crippen LogP contribution in [0.1, 0.15) is 13.8 Å². The summed E-state index contributed by atoms with van der Waals surface area (Å²) >= 11 is 3.79. The Morgan fingerprint density at radius 1 is 1.18 bits per heavy atom. The maximum atomic E-state index is 3.79. The summed E-state index contributed by atoms with van der Waals surface area (Å²) in [4.78, 5) is 0. The van der Waals surface area contributed by atoms with Crippen LogP contribution in [0.5, 0.6) is 0 Å². The molecule has 1 unspecified atom stereocenters. The second-order valence-corrected chi connectivity index (χ2v) is 8.82. The van der Waals surface area contributed by atoms with Gasteiger partial charge in [0.05, 0.1) is 0 Å². The lowest BCUT2D eigenvalue weighted by atomic mass is 10.4. The minimum atomic E-state index is -0.821. The molecule has 0 saturated carbocycles. The minimum Gasteiger partial charge on any atom is -0.124 e. The summed E-state index contributed by atoms with van der Waals surface area (Å²) in [6.07, 6.45) is 0. The van der Waals surface area contributed by atoms with Crippen LogP contribution in [-0.2, 0) is 0 Å². The van der Waals surface area contributed by atoms with Crippen molar-refractivity contribution in [2.45, 2.75) is 19.4 Å². The molecule has 2 heteroatoms. The summed E-state index contributed by atoms with van der Waals surface area (Å²) < 4.78 is 0. The van der Waals surface area contributed by atoms with E-state index in [4.69, 9.17) is 0 Å². The van der Waals surface area contributed by atoms with E-state index >= 15 is 0 Å². The molecular weight excluding hydrogens is 216 g/mol. The molecule has 0 aliphatic carbocycles. The van der Waals surface area contributed by atoms with E-state index in [0.29, 0.717) is 0 Å². The fourth-order valence-electron chi connectivity index (χ4n) is 1.02. The Morgan fingerprint density at radius 2 is 1.73 bits per heavy atom. The Morgan fingerprint density at radius 3 is 2.18 bits per heavy atom. The highest BCUT2D eigenvalue weighted by atomic mass is 79.9. The fraction of sp³-hybridized carbons (Fsp3) is 0.333. The van der Waals surface area contributed by atoms with Gasteiger partial charge in [0, 0.05) is 0 Å². The van der Waals surface area contributed by atoms with Crippen molar-refractivity contribution in [1.29, 1.82) is 0 Å². The predicted molar refractivity (Wildman–Crippen MR) is 57.3 cm³/mol. The molecule has 0 spiro atoms. The zero-order chi connectivity index (χ0) is 8.27. The molecule has 0 aliphatic heterocycles. The minimum absolute atomic E-state index is 0.789. The highest BCUT2D eigenvalue weighted by molar-refractivity contribution is 9.25. The van der Waals surface area contributed by atoms with Gasteiger partial charge in [0.15, 0.2) is 0 Å². The summed E-state index contributed by atoms with van der Waals surface area (Å²) in [5.41, 5.74) is 0.789. The van der Waals surface area contributed by atoms with Gasteiger partial charge < -0.3 is 0 Å². The van der Waals surface area contributed by atoms with Crippen LogP contribution in [0, 0.1) is 0 Å². The average molecular weight is 229 g/mol. The summed E-state index contributed by atoms with van der Waals surface area (Å²) in [6.45, 7) is 4.55. The molecular formula is C9H13BrSi. The van der Waals surface area contributed by atoms with Gasteiger partial charge in [0.25, 0.3) is 0 Å². The first-order valence-corrected chi connectivity index (χ1v) is 8.33.